The summed E-state index contributed by atoms with van der Waals surface area (Å²) in [5, 5.41) is 6.37. The van der Waals surface area contributed by atoms with Crippen molar-refractivity contribution in [1.29, 1.82) is 0 Å². The van der Waals surface area contributed by atoms with Crippen molar-refractivity contribution in [2.24, 2.45) is 0 Å². The molecule has 0 radical (unpaired) electrons. The van der Waals surface area contributed by atoms with E-state index >= 15 is 0 Å². The Kier molecular flexibility index (Phi) is 4.02. The van der Waals surface area contributed by atoms with Crippen LogP contribution in [0.4, 0.5) is 10.1 Å². The van der Waals surface area contributed by atoms with E-state index in [9.17, 15) is 9.18 Å². The molecule has 6 heteroatoms. The molecule has 0 aliphatic rings. The first-order valence-corrected chi connectivity index (χ1v) is 6.39. The van der Waals surface area contributed by atoms with Crippen LogP contribution < -0.4 is 5.73 Å². The first-order chi connectivity index (χ1) is 9.54. The van der Waals surface area contributed by atoms with E-state index < -0.39 is 0 Å². The van der Waals surface area contributed by atoms with Gasteiger partial charge in [0, 0.05) is 6.54 Å². The molecule has 0 saturated carbocycles. The maximum absolute atomic E-state index is 13.0. The van der Waals surface area contributed by atoms with Crippen LogP contribution in [-0.4, -0.2) is 27.5 Å². The molecule has 5 nitrogen and oxygen atoms in total. The van der Waals surface area contributed by atoms with E-state index in [4.69, 9.17) is 5.73 Å². The van der Waals surface area contributed by atoms with Crippen molar-refractivity contribution in [3.8, 4) is 0 Å². The van der Waals surface area contributed by atoms with Crippen molar-refractivity contribution in [2.45, 2.75) is 19.9 Å². The third-order valence-corrected chi connectivity index (χ3v) is 3.30. The summed E-state index contributed by atoms with van der Waals surface area (Å²) in [6.45, 7) is 4.28. The van der Waals surface area contributed by atoms with E-state index in [2.05, 4.69) is 10.2 Å². The number of aromatic amines is 1. The largest absolute Gasteiger partial charge is 0.396 e. The number of aromatic nitrogens is 2. The molecular formula is C14H17FN4O. The molecule has 0 aliphatic carbocycles. The minimum Gasteiger partial charge on any atom is -0.396 e. The standard InChI is InChI=1S/C14H17FN4O/c1-3-19(14(20)13-12(16)8-17-18-13)9(2)10-4-6-11(15)7-5-10/h4-9H,3,16H2,1-2H3,(H,17,18). The lowest BCUT2D eigenvalue weighted by Gasteiger charge is -2.28. The fraction of sp³-hybridized carbons (Fsp3) is 0.286. The summed E-state index contributed by atoms with van der Waals surface area (Å²) in [5.41, 5.74) is 7.16. The number of nitrogens with one attached hydrogen (secondary N) is 1. The smallest absolute Gasteiger partial charge is 0.274 e. The summed E-state index contributed by atoms with van der Waals surface area (Å²) in [4.78, 5) is 14.1. The number of rotatable bonds is 4. The summed E-state index contributed by atoms with van der Waals surface area (Å²) in [7, 11) is 0. The maximum atomic E-state index is 13.0. The van der Waals surface area contributed by atoms with Crippen LogP contribution in [0, 0.1) is 5.82 Å². The Balaban J connectivity index is 2.25. The number of carbonyl (C=O) groups is 1. The third-order valence-electron chi connectivity index (χ3n) is 3.30. The van der Waals surface area contributed by atoms with Crippen LogP contribution in [0.5, 0.6) is 0 Å². The van der Waals surface area contributed by atoms with Crippen molar-refractivity contribution in [3.63, 3.8) is 0 Å². The highest BCUT2D eigenvalue weighted by Crippen LogP contribution is 2.23. The second kappa shape index (κ2) is 5.73. The number of H-pyrrole nitrogens is 1. The summed E-state index contributed by atoms with van der Waals surface area (Å²) in [6, 6.07) is 5.93. The molecule has 0 aliphatic heterocycles. The summed E-state index contributed by atoms with van der Waals surface area (Å²) in [5.74, 6) is -0.521. The fourth-order valence-corrected chi connectivity index (χ4v) is 2.12. The van der Waals surface area contributed by atoms with Gasteiger partial charge in [0.25, 0.3) is 5.91 Å². The molecule has 1 aromatic carbocycles. The number of benzene rings is 1. The van der Waals surface area contributed by atoms with Gasteiger partial charge in [0.2, 0.25) is 0 Å². The SMILES string of the molecule is CCN(C(=O)c1[nH]ncc1N)C(C)c1ccc(F)cc1. The van der Waals surface area contributed by atoms with E-state index in [1.807, 2.05) is 13.8 Å². The molecule has 2 aromatic rings. The zero-order chi connectivity index (χ0) is 14.7. The van der Waals surface area contributed by atoms with Gasteiger partial charge in [-0.3, -0.25) is 9.89 Å². The fourth-order valence-electron chi connectivity index (χ4n) is 2.12. The van der Waals surface area contributed by atoms with Gasteiger partial charge in [0.05, 0.1) is 17.9 Å². The Hall–Kier alpha value is -2.37. The molecule has 1 aromatic heterocycles. The summed E-state index contributed by atoms with van der Waals surface area (Å²) < 4.78 is 13.0. The van der Waals surface area contributed by atoms with Crippen LogP contribution in [0.3, 0.4) is 0 Å². The van der Waals surface area contributed by atoms with Gasteiger partial charge < -0.3 is 10.6 Å². The number of halogens is 1. The Morgan fingerprint density at radius 1 is 1.45 bits per heavy atom. The van der Waals surface area contributed by atoms with Gasteiger partial charge in [-0.25, -0.2) is 4.39 Å². The van der Waals surface area contributed by atoms with Crippen LogP contribution in [0.1, 0.15) is 35.9 Å². The van der Waals surface area contributed by atoms with Crippen molar-refractivity contribution in [2.75, 3.05) is 12.3 Å². The first-order valence-electron chi connectivity index (χ1n) is 6.39. The second-order valence-electron chi connectivity index (χ2n) is 4.52. The number of hydrogen-bond donors (Lipinski definition) is 2. The number of hydrogen-bond acceptors (Lipinski definition) is 3. The lowest BCUT2D eigenvalue weighted by molar-refractivity contribution is 0.0697. The zero-order valence-electron chi connectivity index (χ0n) is 11.4. The van der Waals surface area contributed by atoms with Crippen LogP contribution in [-0.2, 0) is 0 Å². The van der Waals surface area contributed by atoms with Crippen molar-refractivity contribution < 1.29 is 9.18 Å². The van der Waals surface area contributed by atoms with E-state index in [1.54, 1.807) is 17.0 Å². The minimum absolute atomic E-state index is 0.184. The second-order valence-corrected chi connectivity index (χ2v) is 4.52. The molecule has 0 bridgehead atoms. The van der Waals surface area contributed by atoms with Crippen LogP contribution in [0.15, 0.2) is 30.5 Å². The minimum atomic E-state index is -0.298. The molecule has 106 valence electrons. The normalized spacial score (nSPS) is 12.2. The Bertz CT molecular complexity index is 593. The van der Waals surface area contributed by atoms with Crippen molar-refractivity contribution in [1.82, 2.24) is 15.1 Å². The van der Waals surface area contributed by atoms with E-state index in [-0.39, 0.29) is 23.5 Å². The van der Waals surface area contributed by atoms with E-state index in [0.717, 1.165) is 5.56 Å². The lowest BCUT2D eigenvalue weighted by Crippen LogP contribution is -2.34. The van der Waals surface area contributed by atoms with Gasteiger partial charge in [-0.15, -0.1) is 0 Å². The summed E-state index contributed by atoms with van der Waals surface area (Å²) in [6.07, 6.45) is 1.41. The first kappa shape index (κ1) is 14.0. The Morgan fingerprint density at radius 3 is 2.60 bits per heavy atom. The number of anilines is 1. The van der Waals surface area contributed by atoms with Gasteiger partial charge in [0.15, 0.2) is 0 Å². The molecule has 0 saturated heterocycles. The highest BCUT2D eigenvalue weighted by Gasteiger charge is 2.24. The molecule has 2 rings (SSSR count). The molecule has 1 amide bonds. The molecule has 1 heterocycles. The third kappa shape index (κ3) is 2.64. The number of amides is 1. The molecule has 1 unspecified atom stereocenters. The number of nitrogen functional groups attached to an aromatic ring is 1. The predicted octanol–water partition coefficient (Wildman–Crippen LogP) is 2.35. The topological polar surface area (TPSA) is 75.0 Å². The average molecular weight is 276 g/mol. The Labute approximate surface area is 116 Å². The number of carbonyl (C=O) groups excluding carboxylic acids is 1. The molecule has 1 atom stereocenters. The highest BCUT2D eigenvalue weighted by molar-refractivity contribution is 5.97. The van der Waals surface area contributed by atoms with Gasteiger partial charge in [-0.2, -0.15) is 5.10 Å². The highest BCUT2D eigenvalue weighted by atomic mass is 19.1. The Morgan fingerprint density at radius 2 is 2.10 bits per heavy atom. The summed E-state index contributed by atoms with van der Waals surface area (Å²) >= 11 is 0. The van der Waals surface area contributed by atoms with E-state index in [0.29, 0.717) is 12.2 Å². The van der Waals surface area contributed by atoms with Crippen molar-refractivity contribution in [3.05, 3.63) is 47.5 Å². The molecule has 20 heavy (non-hydrogen) atoms. The van der Waals surface area contributed by atoms with Gasteiger partial charge in [0.1, 0.15) is 11.5 Å². The van der Waals surface area contributed by atoms with Gasteiger partial charge in [-0.05, 0) is 31.5 Å². The van der Waals surface area contributed by atoms with Crippen LogP contribution in [0.2, 0.25) is 0 Å². The molecule has 3 N–H and O–H groups in total. The van der Waals surface area contributed by atoms with E-state index in [1.165, 1.54) is 18.3 Å². The average Bonchev–Trinajstić information content (AvgIpc) is 2.86. The lowest BCUT2D eigenvalue weighted by atomic mass is 10.1. The monoisotopic (exact) mass is 276 g/mol. The molecular weight excluding hydrogens is 259 g/mol. The number of nitrogens with zero attached hydrogens (tertiary/aromatic N) is 2. The van der Waals surface area contributed by atoms with Crippen LogP contribution in [0.25, 0.3) is 0 Å². The quantitative estimate of drug-likeness (QED) is 0.900. The van der Waals surface area contributed by atoms with Gasteiger partial charge in [-0.1, -0.05) is 12.1 Å². The number of nitrogens with two attached hydrogens (primary N) is 1. The zero-order valence-corrected chi connectivity index (χ0v) is 11.4. The van der Waals surface area contributed by atoms with Crippen LogP contribution >= 0.6 is 0 Å². The van der Waals surface area contributed by atoms with Gasteiger partial charge >= 0.3 is 0 Å². The predicted molar refractivity (Wildman–Crippen MR) is 74.5 cm³/mol. The maximum Gasteiger partial charge on any atom is 0.274 e. The molecule has 0 fully saturated rings. The van der Waals surface area contributed by atoms with Crippen molar-refractivity contribution >= 4 is 11.6 Å². The molecule has 0 spiro atoms.